The van der Waals surface area contributed by atoms with Gasteiger partial charge >= 0.3 is 0 Å². The molecule has 0 heterocycles. The minimum Gasteiger partial charge on any atom is -0.0753 e. The molecule has 0 nitrogen and oxygen atoms in total. The Balaban J connectivity index is 1.71. The van der Waals surface area contributed by atoms with Crippen LogP contribution in [0, 0.1) is 5.41 Å². The third-order valence-corrected chi connectivity index (χ3v) is 11.3. The Morgan fingerprint density at radius 3 is 1.59 bits per heavy atom. The molecule has 1 atom stereocenters. The molecule has 5 rings (SSSR count). The summed E-state index contributed by atoms with van der Waals surface area (Å²) in [5, 5.41) is 0. The van der Waals surface area contributed by atoms with E-state index in [0.29, 0.717) is 11.1 Å². The molecule has 0 spiro atoms. The van der Waals surface area contributed by atoms with Crippen molar-refractivity contribution in [3.63, 3.8) is 0 Å². The first kappa shape index (κ1) is 18.6. The van der Waals surface area contributed by atoms with E-state index in [9.17, 15) is 0 Å². The summed E-state index contributed by atoms with van der Waals surface area (Å²) in [4.78, 5) is 0. The molecule has 0 amide bonds. The lowest BCUT2D eigenvalue weighted by molar-refractivity contribution is 0.567. The summed E-state index contributed by atoms with van der Waals surface area (Å²) < 4.78 is 0. The van der Waals surface area contributed by atoms with Gasteiger partial charge in [-0.05, 0) is 49.9 Å². The van der Waals surface area contributed by atoms with E-state index in [-0.39, 0.29) is 5.41 Å². The van der Waals surface area contributed by atoms with Crippen molar-refractivity contribution < 1.29 is 0 Å². The van der Waals surface area contributed by atoms with E-state index in [0.717, 1.165) is 0 Å². The molecule has 3 aromatic rings. The SMILES string of the molecule is CC(C)(C)C1=CC([Si](C)(C)C2c3ccccc3-c3ccccc32)c2ccccc21. The summed E-state index contributed by atoms with van der Waals surface area (Å²) in [6.07, 6.45) is 2.64. The van der Waals surface area contributed by atoms with E-state index in [4.69, 9.17) is 0 Å². The van der Waals surface area contributed by atoms with Crippen molar-refractivity contribution in [2.75, 3.05) is 0 Å². The molecule has 0 saturated heterocycles. The van der Waals surface area contributed by atoms with E-state index in [2.05, 4.69) is 113 Å². The highest BCUT2D eigenvalue weighted by Crippen LogP contribution is 2.55. The minimum absolute atomic E-state index is 0.167. The summed E-state index contributed by atoms with van der Waals surface area (Å²) in [6, 6.07) is 27.4. The number of allylic oxidation sites excluding steroid dienone is 2. The zero-order valence-electron chi connectivity index (χ0n) is 18.2. The van der Waals surface area contributed by atoms with Crippen LogP contribution in [-0.4, -0.2) is 8.07 Å². The van der Waals surface area contributed by atoms with Crippen molar-refractivity contribution in [2.45, 2.75) is 44.9 Å². The largest absolute Gasteiger partial charge is 0.0753 e. The van der Waals surface area contributed by atoms with Gasteiger partial charge in [-0.25, -0.2) is 0 Å². The standard InChI is InChI=1S/C28H30Si/c1-28(2,3)25-18-26(22-15-9-8-14-21(22)25)29(4,5)27-23-16-10-6-12-19(23)20-13-7-11-17-24(20)27/h6-18,26-27H,1-5H3. The average molecular weight is 395 g/mol. The van der Waals surface area contributed by atoms with E-state index in [1.807, 2.05) is 0 Å². The average Bonchev–Trinajstić information content (AvgIpc) is 3.25. The van der Waals surface area contributed by atoms with E-state index >= 15 is 0 Å². The summed E-state index contributed by atoms with van der Waals surface area (Å²) in [5.41, 5.74) is 11.8. The molecule has 3 aromatic carbocycles. The normalized spacial score (nSPS) is 18.2. The molecule has 0 saturated carbocycles. The van der Waals surface area contributed by atoms with Crippen LogP contribution < -0.4 is 0 Å². The maximum Gasteiger partial charge on any atom is 0.0723 e. The first-order valence-electron chi connectivity index (χ1n) is 10.8. The fraction of sp³-hybridized carbons (Fsp3) is 0.286. The Kier molecular flexibility index (Phi) is 4.05. The van der Waals surface area contributed by atoms with E-state index in [1.165, 1.54) is 22.3 Å². The zero-order chi connectivity index (χ0) is 20.4. The summed E-state index contributed by atoms with van der Waals surface area (Å²) >= 11 is 0. The van der Waals surface area contributed by atoms with Crippen LogP contribution in [0.3, 0.4) is 0 Å². The predicted molar refractivity (Wildman–Crippen MR) is 128 cm³/mol. The van der Waals surface area contributed by atoms with Crippen LogP contribution in [0.5, 0.6) is 0 Å². The molecule has 1 heteroatoms. The molecular formula is C28H30Si. The van der Waals surface area contributed by atoms with Crippen molar-refractivity contribution in [2.24, 2.45) is 5.41 Å². The number of hydrogen-bond acceptors (Lipinski definition) is 0. The summed E-state index contributed by atoms with van der Waals surface area (Å²) in [5.74, 6) is 0. The Bertz CT molecular complexity index is 1080. The van der Waals surface area contributed by atoms with Crippen molar-refractivity contribution >= 4 is 13.6 Å². The van der Waals surface area contributed by atoms with Gasteiger partial charge in [0.25, 0.3) is 0 Å². The van der Waals surface area contributed by atoms with Gasteiger partial charge in [-0.15, -0.1) is 0 Å². The Morgan fingerprint density at radius 1 is 0.621 bits per heavy atom. The van der Waals surface area contributed by atoms with Crippen LogP contribution in [-0.2, 0) is 0 Å². The Morgan fingerprint density at radius 2 is 1.07 bits per heavy atom. The number of hydrogen-bond donors (Lipinski definition) is 0. The first-order chi connectivity index (χ1) is 13.8. The van der Waals surface area contributed by atoms with Gasteiger partial charge in [0.15, 0.2) is 0 Å². The van der Waals surface area contributed by atoms with Gasteiger partial charge in [0.2, 0.25) is 0 Å². The molecule has 0 radical (unpaired) electrons. The minimum atomic E-state index is -1.79. The highest BCUT2D eigenvalue weighted by atomic mass is 28.3. The van der Waals surface area contributed by atoms with Gasteiger partial charge in [0.1, 0.15) is 0 Å². The second kappa shape index (κ2) is 6.31. The van der Waals surface area contributed by atoms with Crippen LogP contribution in [0.15, 0.2) is 78.9 Å². The van der Waals surface area contributed by atoms with Crippen LogP contribution in [0.4, 0.5) is 0 Å². The lowest BCUT2D eigenvalue weighted by Crippen LogP contribution is -2.41. The maximum absolute atomic E-state index is 2.64. The number of fused-ring (bicyclic) bond motifs is 4. The summed E-state index contributed by atoms with van der Waals surface area (Å²) in [7, 11) is -1.79. The molecule has 0 aromatic heterocycles. The van der Waals surface area contributed by atoms with Crippen molar-refractivity contribution in [3.8, 4) is 11.1 Å². The van der Waals surface area contributed by atoms with Gasteiger partial charge in [-0.1, -0.05) is 113 Å². The zero-order valence-corrected chi connectivity index (χ0v) is 19.2. The van der Waals surface area contributed by atoms with Crippen molar-refractivity contribution in [3.05, 3.63) is 101 Å². The molecule has 2 aliphatic carbocycles. The van der Waals surface area contributed by atoms with E-state index in [1.54, 1.807) is 16.7 Å². The molecule has 2 aliphatic rings. The highest BCUT2D eigenvalue weighted by Gasteiger charge is 2.47. The van der Waals surface area contributed by atoms with Gasteiger partial charge < -0.3 is 0 Å². The quantitative estimate of drug-likeness (QED) is 0.389. The van der Waals surface area contributed by atoms with Crippen LogP contribution in [0.2, 0.25) is 13.1 Å². The van der Waals surface area contributed by atoms with Crippen molar-refractivity contribution in [1.29, 1.82) is 0 Å². The molecule has 0 N–H and O–H groups in total. The second-order valence-electron chi connectivity index (χ2n) is 10.3. The third-order valence-electron chi connectivity index (χ3n) is 7.11. The van der Waals surface area contributed by atoms with Crippen molar-refractivity contribution in [1.82, 2.24) is 0 Å². The summed E-state index contributed by atoms with van der Waals surface area (Å²) in [6.45, 7) is 12.3. The Hall–Kier alpha value is -2.38. The molecule has 0 aliphatic heterocycles. The first-order valence-corrected chi connectivity index (χ1v) is 14.0. The monoisotopic (exact) mass is 394 g/mol. The Labute approximate surface area is 176 Å². The lowest BCUT2D eigenvalue weighted by Gasteiger charge is -2.37. The van der Waals surface area contributed by atoms with Gasteiger partial charge in [0, 0.05) is 5.54 Å². The van der Waals surface area contributed by atoms with Gasteiger partial charge in [0.05, 0.1) is 8.07 Å². The predicted octanol–water partition coefficient (Wildman–Crippen LogP) is 7.81. The second-order valence-corrected chi connectivity index (χ2v) is 15.2. The molecule has 1 unspecified atom stereocenters. The smallest absolute Gasteiger partial charge is 0.0723 e. The molecular weight excluding hydrogens is 364 g/mol. The number of rotatable bonds is 2. The van der Waals surface area contributed by atoms with Gasteiger partial charge in [-0.2, -0.15) is 0 Å². The molecule has 146 valence electrons. The van der Waals surface area contributed by atoms with Gasteiger partial charge in [-0.3, -0.25) is 0 Å². The van der Waals surface area contributed by atoms with E-state index < -0.39 is 8.07 Å². The molecule has 0 fully saturated rings. The highest BCUT2D eigenvalue weighted by molar-refractivity contribution is 6.81. The topological polar surface area (TPSA) is 0 Å². The molecule has 0 bridgehead atoms. The maximum atomic E-state index is 2.64. The van der Waals surface area contributed by atoms with Crippen LogP contribution in [0.25, 0.3) is 16.7 Å². The third kappa shape index (κ3) is 2.71. The number of benzene rings is 3. The molecule has 29 heavy (non-hydrogen) atoms. The fourth-order valence-electron chi connectivity index (χ4n) is 5.77. The van der Waals surface area contributed by atoms with Crippen LogP contribution in [0.1, 0.15) is 54.1 Å². The lowest BCUT2D eigenvalue weighted by atomic mass is 9.83. The fourth-order valence-corrected chi connectivity index (χ4v) is 9.88. The van der Waals surface area contributed by atoms with Crippen LogP contribution >= 0.6 is 0 Å².